The van der Waals surface area contributed by atoms with Gasteiger partial charge in [-0.15, -0.1) is 0 Å². The van der Waals surface area contributed by atoms with Crippen LogP contribution in [-0.2, 0) is 4.79 Å². The zero-order chi connectivity index (χ0) is 11.5. The number of rotatable bonds is 2. The second-order valence-corrected chi connectivity index (χ2v) is 3.59. The lowest BCUT2D eigenvalue weighted by Crippen LogP contribution is -2.40. The maximum atomic E-state index is 11.9. The number of carbonyl (C=O) groups excluding carboxylic acids is 1. The van der Waals surface area contributed by atoms with E-state index in [1.165, 1.54) is 23.5 Å². The van der Waals surface area contributed by atoms with Crippen LogP contribution in [-0.4, -0.2) is 44.4 Å². The molecule has 1 aromatic rings. The van der Waals surface area contributed by atoms with E-state index in [1.807, 2.05) is 0 Å². The molecule has 0 saturated carbocycles. The predicted molar refractivity (Wildman–Crippen MR) is 53.7 cm³/mol. The molecule has 1 fully saturated rings. The Bertz CT molecular complexity index is 407. The van der Waals surface area contributed by atoms with Crippen LogP contribution >= 0.6 is 0 Å². The molecule has 2 heterocycles. The second-order valence-electron chi connectivity index (χ2n) is 3.59. The van der Waals surface area contributed by atoms with Crippen LogP contribution < -0.4 is 0 Å². The van der Waals surface area contributed by atoms with Crippen molar-refractivity contribution in [2.45, 2.75) is 18.9 Å². The molecule has 1 amide bonds. The molecule has 1 unspecified atom stereocenters. The van der Waals surface area contributed by atoms with Crippen LogP contribution in [0, 0.1) is 0 Å². The van der Waals surface area contributed by atoms with E-state index in [0.717, 1.165) is 0 Å². The molecule has 1 aromatic heterocycles. The summed E-state index contributed by atoms with van der Waals surface area (Å²) >= 11 is 0. The summed E-state index contributed by atoms with van der Waals surface area (Å²) in [6, 6.07) is -0.727. The van der Waals surface area contributed by atoms with Crippen LogP contribution in [0.3, 0.4) is 0 Å². The fourth-order valence-electron chi connectivity index (χ4n) is 1.82. The van der Waals surface area contributed by atoms with Gasteiger partial charge in [-0.2, -0.15) is 0 Å². The number of carbonyl (C=O) groups is 2. The molecule has 84 valence electrons. The highest BCUT2D eigenvalue weighted by molar-refractivity contribution is 5.95. The van der Waals surface area contributed by atoms with Crippen LogP contribution in [0.5, 0.6) is 0 Å². The Morgan fingerprint density at radius 1 is 1.44 bits per heavy atom. The molecule has 1 aliphatic rings. The molecule has 1 saturated heterocycles. The molecule has 0 spiro atoms. The van der Waals surface area contributed by atoms with Crippen LogP contribution in [0.1, 0.15) is 23.3 Å². The van der Waals surface area contributed by atoms with Gasteiger partial charge in [0.15, 0.2) is 0 Å². The normalized spacial score (nSPS) is 19.8. The first-order valence-electron chi connectivity index (χ1n) is 5.00. The fourth-order valence-corrected chi connectivity index (χ4v) is 1.82. The molecule has 0 radical (unpaired) electrons. The summed E-state index contributed by atoms with van der Waals surface area (Å²) in [5.41, 5.74) is 0.190. The SMILES string of the molecule is O=C(O)C1CCCN1C(=O)c1cnccn1. The maximum Gasteiger partial charge on any atom is 0.326 e. The van der Waals surface area contributed by atoms with Gasteiger partial charge < -0.3 is 10.0 Å². The maximum absolute atomic E-state index is 11.9. The molecule has 6 nitrogen and oxygen atoms in total. The number of amides is 1. The third-order valence-electron chi connectivity index (χ3n) is 2.58. The number of carboxylic acid groups (broad SMARTS) is 1. The van der Waals surface area contributed by atoms with Crippen molar-refractivity contribution >= 4 is 11.9 Å². The number of aliphatic carboxylic acids is 1. The van der Waals surface area contributed by atoms with Gasteiger partial charge in [0.2, 0.25) is 0 Å². The minimum absolute atomic E-state index is 0.190. The minimum atomic E-state index is -0.963. The standard InChI is InChI=1S/C10H11N3O3/c14-9(7-6-11-3-4-12-7)13-5-1-2-8(13)10(15)16/h3-4,6,8H,1-2,5H2,(H,15,16). The molecule has 2 rings (SSSR count). The van der Waals surface area contributed by atoms with Crippen molar-refractivity contribution in [2.24, 2.45) is 0 Å². The monoisotopic (exact) mass is 221 g/mol. The van der Waals surface area contributed by atoms with E-state index >= 15 is 0 Å². The fraction of sp³-hybridized carbons (Fsp3) is 0.400. The Balaban J connectivity index is 2.19. The van der Waals surface area contributed by atoms with Crippen molar-refractivity contribution in [1.82, 2.24) is 14.9 Å². The lowest BCUT2D eigenvalue weighted by molar-refractivity contribution is -0.141. The summed E-state index contributed by atoms with van der Waals surface area (Å²) in [6.07, 6.45) is 5.44. The highest BCUT2D eigenvalue weighted by Gasteiger charge is 2.34. The summed E-state index contributed by atoms with van der Waals surface area (Å²) in [6.45, 7) is 0.465. The Kier molecular flexibility index (Phi) is 2.80. The average Bonchev–Trinajstić information content (AvgIpc) is 2.78. The quantitative estimate of drug-likeness (QED) is 0.769. The zero-order valence-electron chi connectivity index (χ0n) is 8.54. The van der Waals surface area contributed by atoms with Crippen LogP contribution in [0.4, 0.5) is 0 Å². The van der Waals surface area contributed by atoms with E-state index < -0.39 is 12.0 Å². The Morgan fingerprint density at radius 3 is 2.88 bits per heavy atom. The van der Waals surface area contributed by atoms with Crippen molar-refractivity contribution < 1.29 is 14.7 Å². The highest BCUT2D eigenvalue weighted by Crippen LogP contribution is 2.19. The lowest BCUT2D eigenvalue weighted by atomic mass is 10.2. The molecular formula is C10H11N3O3. The summed E-state index contributed by atoms with van der Waals surface area (Å²) < 4.78 is 0. The first kappa shape index (κ1) is 10.5. The van der Waals surface area contributed by atoms with Crippen LogP contribution in [0.25, 0.3) is 0 Å². The first-order chi connectivity index (χ1) is 7.70. The molecule has 16 heavy (non-hydrogen) atoms. The molecule has 1 N–H and O–H groups in total. The van der Waals surface area contributed by atoms with Gasteiger partial charge in [-0.3, -0.25) is 9.78 Å². The molecule has 0 aromatic carbocycles. The van der Waals surface area contributed by atoms with Gasteiger partial charge in [0.05, 0.1) is 6.20 Å². The van der Waals surface area contributed by atoms with Gasteiger partial charge in [0.1, 0.15) is 11.7 Å². The van der Waals surface area contributed by atoms with Gasteiger partial charge >= 0.3 is 5.97 Å². The van der Waals surface area contributed by atoms with Gasteiger partial charge in [0, 0.05) is 18.9 Å². The van der Waals surface area contributed by atoms with E-state index in [9.17, 15) is 9.59 Å². The minimum Gasteiger partial charge on any atom is -0.480 e. The Morgan fingerprint density at radius 2 is 2.25 bits per heavy atom. The third-order valence-corrected chi connectivity index (χ3v) is 2.58. The van der Waals surface area contributed by atoms with Gasteiger partial charge in [-0.05, 0) is 12.8 Å². The first-order valence-corrected chi connectivity index (χ1v) is 5.00. The van der Waals surface area contributed by atoms with E-state index in [0.29, 0.717) is 19.4 Å². The van der Waals surface area contributed by atoms with E-state index in [1.54, 1.807) is 0 Å². The molecular weight excluding hydrogens is 210 g/mol. The number of aromatic nitrogens is 2. The smallest absolute Gasteiger partial charge is 0.326 e. The van der Waals surface area contributed by atoms with Crippen LogP contribution in [0.15, 0.2) is 18.6 Å². The molecule has 0 aliphatic carbocycles. The summed E-state index contributed by atoms with van der Waals surface area (Å²) in [7, 11) is 0. The topological polar surface area (TPSA) is 83.4 Å². The highest BCUT2D eigenvalue weighted by atomic mass is 16.4. The van der Waals surface area contributed by atoms with Gasteiger partial charge in [-0.25, -0.2) is 9.78 Å². The van der Waals surface area contributed by atoms with Crippen molar-refractivity contribution in [3.05, 3.63) is 24.3 Å². The van der Waals surface area contributed by atoms with Crippen molar-refractivity contribution in [3.63, 3.8) is 0 Å². The van der Waals surface area contributed by atoms with Crippen LogP contribution in [0.2, 0.25) is 0 Å². The van der Waals surface area contributed by atoms with Crippen molar-refractivity contribution in [1.29, 1.82) is 0 Å². The summed E-state index contributed by atoms with van der Waals surface area (Å²) in [4.78, 5) is 31.8. The summed E-state index contributed by atoms with van der Waals surface area (Å²) in [5.74, 6) is -1.33. The Hall–Kier alpha value is -1.98. The van der Waals surface area contributed by atoms with Crippen molar-refractivity contribution in [3.8, 4) is 0 Å². The number of hydrogen-bond acceptors (Lipinski definition) is 4. The number of likely N-dealkylation sites (tertiary alicyclic amines) is 1. The lowest BCUT2D eigenvalue weighted by Gasteiger charge is -2.20. The van der Waals surface area contributed by atoms with E-state index in [-0.39, 0.29) is 11.6 Å². The van der Waals surface area contributed by atoms with Crippen molar-refractivity contribution in [2.75, 3.05) is 6.54 Å². The molecule has 1 aliphatic heterocycles. The number of nitrogens with zero attached hydrogens (tertiary/aromatic N) is 3. The zero-order valence-corrected chi connectivity index (χ0v) is 8.54. The van der Waals surface area contributed by atoms with Gasteiger partial charge in [-0.1, -0.05) is 0 Å². The summed E-state index contributed by atoms with van der Waals surface area (Å²) in [5, 5.41) is 8.95. The predicted octanol–water partition coefficient (Wildman–Crippen LogP) is 0.166. The largest absolute Gasteiger partial charge is 0.480 e. The molecule has 1 atom stereocenters. The Labute approximate surface area is 91.9 Å². The third kappa shape index (κ3) is 1.86. The number of carboxylic acids is 1. The average molecular weight is 221 g/mol. The molecule has 6 heteroatoms. The molecule has 0 bridgehead atoms. The van der Waals surface area contributed by atoms with E-state index in [4.69, 9.17) is 5.11 Å². The number of hydrogen-bond donors (Lipinski definition) is 1. The van der Waals surface area contributed by atoms with Gasteiger partial charge in [0.25, 0.3) is 5.91 Å². The van der Waals surface area contributed by atoms with E-state index in [2.05, 4.69) is 9.97 Å². The second kappa shape index (κ2) is 4.26.